The van der Waals surface area contributed by atoms with E-state index in [4.69, 9.17) is 5.26 Å². The van der Waals surface area contributed by atoms with Crippen LogP contribution in [0.5, 0.6) is 0 Å². The fraction of sp³-hybridized carbons (Fsp3) is 0.308. The Hall–Kier alpha value is -1.55. The van der Waals surface area contributed by atoms with Gasteiger partial charge in [0.15, 0.2) is 0 Å². The topological polar surface area (TPSA) is 23.8 Å². The quantitative estimate of drug-likeness (QED) is 0.704. The van der Waals surface area contributed by atoms with E-state index in [1.807, 2.05) is 24.3 Å². The minimum atomic E-state index is 0.726. The average molecular weight is 183 g/mol. The summed E-state index contributed by atoms with van der Waals surface area (Å²) in [6, 6.07) is 9.81. The van der Waals surface area contributed by atoms with Crippen molar-refractivity contribution in [1.82, 2.24) is 0 Å². The molecule has 0 aliphatic heterocycles. The van der Waals surface area contributed by atoms with E-state index in [0.717, 1.165) is 11.5 Å². The molecule has 0 heterocycles. The first-order chi connectivity index (χ1) is 6.88. The van der Waals surface area contributed by atoms with Gasteiger partial charge in [-0.2, -0.15) is 5.26 Å². The van der Waals surface area contributed by atoms with Gasteiger partial charge >= 0.3 is 0 Å². The third kappa shape index (κ3) is 2.47. The highest BCUT2D eigenvalue weighted by Gasteiger charge is 2.18. The number of nitrogens with zero attached hydrogens (tertiary/aromatic N) is 1. The fourth-order valence-corrected chi connectivity index (χ4v) is 1.42. The molecule has 0 saturated heterocycles. The second-order valence-corrected chi connectivity index (χ2v) is 3.82. The van der Waals surface area contributed by atoms with Gasteiger partial charge in [-0.1, -0.05) is 24.3 Å². The molecule has 0 unspecified atom stereocenters. The number of hydrogen-bond acceptors (Lipinski definition) is 1. The fourth-order valence-electron chi connectivity index (χ4n) is 1.42. The molecule has 1 aliphatic carbocycles. The molecule has 14 heavy (non-hydrogen) atoms. The van der Waals surface area contributed by atoms with Crippen LogP contribution < -0.4 is 0 Å². The highest BCUT2D eigenvalue weighted by Crippen LogP contribution is 2.32. The third-order valence-corrected chi connectivity index (χ3v) is 2.52. The van der Waals surface area contributed by atoms with E-state index in [2.05, 4.69) is 18.2 Å². The smallest absolute Gasteiger partial charge is 0.0991 e. The lowest BCUT2D eigenvalue weighted by atomic mass is 10.1. The van der Waals surface area contributed by atoms with E-state index in [-0.39, 0.29) is 0 Å². The Labute approximate surface area is 84.7 Å². The molecule has 0 spiro atoms. The van der Waals surface area contributed by atoms with E-state index >= 15 is 0 Å². The second kappa shape index (κ2) is 4.11. The molecule has 1 fully saturated rings. The molecule has 1 heteroatoms. The van der Waals surface area contributed by atoms with Crippen molar-refractivity contribution >= 4 is 6.08 Å². The Morgan fingerprint density at radius 1 is 1.29 bits per heavy atom. The van der Waals surface area contributed by atoms with Crippen LogP contribution in [0, 0.1) is 17.2 Å². The van der Waals surface area contributed by atoms with Gasteiger partial charge in [0.25, 0.3) is 0 Å². The number of allylic oxidation sites excluding steroid dienone is 1. The Kier molecular flexibility index (Phi) is 2.65. The summed E-state index contributed by atoms with van der Waals surface area (Å²) in [6.07, 6.45) is 8.38. The van der Waals surface area contributed by atoms with Crippen LogP contribution in [0.4, 0.5) is 0 Å². The minimum Gasteiger partial charge on any atom is -0.192 e. The molecule has 1 nitrogen and oxygen atoms in total. The molecule has 0 radical (unpaired) electrons. The first kappa shape index (κ1) is 9.02. The second-order valence-electron chi connectivity index (χ2n) is 3.82. The van der Waals surface area contributed by atoms with E-state index in [1.54, 1.807) is 0 Å². The van der Waals surface area contributed by atoms with Crippen LogP contribution in [-0.4, -0.2) is 0 Å². The largest absolute Gasteiger partial charge is 0.192 e. The maximum absolute atomic E-state index is 8.62. The molecular weight excluding hydrogens is 170 g/mol. The van der Waals surface area contributed by atoms with Crippen molar-refractivity contribution in [2.75, 3.05) is 0 Å². The lowest BCUT2D eigenvalue weighted by molar-refractivity contribution is 0.866. The highest BCUT2D eigenvalue weighted by molar-refractivity contribution is 5.50. The molecule has 1 aromatic rings. The van der Waals surface area contributed by atoms with Crippen molar-refractivity contribution < 1.29 is 0 Å². The molecule has 70 valence electrons. The zero-order valence-corrected chi connectivity index (χ0v) is 8.11. The first-order valence-electron chi connectivity index (χ1n) is 5.05. The van der Waals surface area contributed by atoms with Crippen LogP contribution >= 0.6 is 0 Å². The van der Waals surface area contributed by atoms with Crippen molar-refractivity contribution in [1.29, 1.82) is 5.26 Å². The Bertz CT molecular complexity index is 363. The summed E-state index contributed by atoms with van der Waals surface area (Å²) in [6.45, 7) is 0. The van der Waals surface area contributed by atoms with Gasteiger partial charge in [0.1, 0.15) is 0 Å². The zero-order valence-electron chi connectivity index (χ0n) is 8.11. The molecular formula is C13H13N. The molecule has 2 rings (SSSR count). The Morgan fingerprint density at radius 3 is 2.57 bits per heavy atom. The number of rotatable bonds is 3. The van der Waals surface area contributed by atoms with E-state index in [0.29, 0.717) is 0 Å². The van der Waals surface area contributed by atoms with E-state index in [1.165, 1.54) is 24.8 Å². The average Bonchev–Trinajstić information content (AvgIpc) is 3.03. The molecule has 1 saturated carbocycles. The number of hydrogen-bond donors (Lipinski definition) is 0. The SMILES string of the molecule is N#Cc1ccc(C=CCC2CC2)cc1. The lowest BCUT2D eigenvalue weighted by Crippen LogP contribution is -1.75. The van der Waals surface area contributed by atoms with Gasteiger partial charge in [-0.15, -0.1) is 0 Å². The van der Waals surface area contributed by atoms with Crippen LogP contribution in [0.25, 0.3) is 6.08 Å². The summed E-state index contributed by atoms with van der Waals surface area (Å²) in [4.78, 5) is 0. The van der Waals surface area contributed by atoms with Crippen molar-refractivity contribution in [3.63, 3.8) is 0 Å². The van der Waals surface area contributed by atoms with Crippen molar-refractivity contribution in [3.8, 4) is 6.07 Å². The Morgan fingerprint density at radius 2 is 2.00 bits per heavy atom. The van der Waals surface area contributed by atoms with Gasteiger partial charge in [-0.3, -0.25) is 0 Å². The van der Waals surface area contributed by atoms with Crippen LogP contribution in [0.3, 0.4) is 0 Å². The summed E-state index contributed by atoms with van der Waals surface area (Å²) in [5.74, 6) is 0.949. The maximum atomic E-state index is 8.62. The standard InChI is InChI=1S/C13H13N/c14-10-13-8-6-12(7-9-13)3-1-2-11-4-5-11/h1,3,6-9,11H,2,4-5H2. The molecule has 0 aromatic heterocycles. The predicted octanol–water partition coefficient (Wildman–Crippen LogP) is 3.37. The van der Waals surface area contributed by atoms with Crippen LogP contribution in [0.15, 0.2) is 30.3 Å². The highest BCUT2D eigenvalue weighted by atomic mass is 14.2. The van der Waals surface area contributed by atoms with E-state index < -0.39 is 0 Å². The summed E-state index contributed by atoms with van der Waals surface area (Å²) >= 11 is 0. The van der Waals surface area contributed by atoms with Gasteiger partial charge < -0.3 is 0 Å². The van der Waals surface area contributed by atoms with Gasteiger partial charge in [0, 0.05) is 0 Å². The van der Waals surface area contributed by atoms with Gasteiger partial charge in [0.05, 0.1) is 11.6 Å². The zero-order chi connectivity index (χ0) is 9.80. The maximum Gasteiger partial charge on any atom is 0.0991 e. The summed E-state index contributed by atoms with van der Waals surface area (Å²) < 4.78 is 0. The van der Waals surface area contributed by atoms with Crippen LogP contribution in [0.1, 0.15) is 30.4 Å². The minimum absolute atomic E-state index is 0.726. The monoisotopic (exact) mass is 183 g/mol. The number of benzene rings is 1. The number of nitriles is 1. The Balaban J connectivity index is 1.95. The molecule has 1 aliphatic rings. The van der Waals surface area contributed by atoms with Gasteiger partial charge in [-0.25, -0.2) is 0 Å². The molecule has 0 N–H and O–H groups in total. The van der Waals surface area contributed by atoms with E-state index in [9.17, 15) is 0 Å². The summed E-state index contributed by atoms with van der Waals surface area (Å²) in [7, 11) is 0. The molecule has 1 aromatic carbocycles. The normalized spacial score (nSPS) is 15.6. The van der Waals surface area contributed by atoms with Crippen molar-refractivity contribution in [2.45, 2.75) is 19.3 Å². The van der Waals surface area contributed by atoms with Crippen molar-refractivity contribution in [3.05, 3.63) is 41.5 Å². The summed E-state index contributed by atoms with van der Waals surface area (Å²) in [5.41, 5.74) is 1.91. The van der Waals surface area contributed by atoms with Gasteiger partial charge in [0.2, 0.25) is 0 Å². The molecule has 0 amide bonds. The molecule has 0 atom stereocenters. The molecule has 0 bridgehead atoms. The summed E-state index contributed by atoms with van der Waals surface area (Å²) in [5, 5.41) is 8.62. The van der Waals surface area contributed by atoms with Gasteiger partial charge in [-0.05, 0) is 42.9 Å². The first-order valence-corrected chi connectivity index (χ1v) is 5.05. The van der Waals surface area contributed by atoms with Crippen LogP contribution in [0.2, 0.25) is 0 Å². The third-order valence-electron chi connectivity index (χ3n) is 2.52. The predicted molar refractivity (Wildman–Crippen MR) is 57.5 cm³/mol. The van der Waals surface area contributed by atoms with Crippen molar-refractivity contribution in [2.24, 2.45) is 5.92 Å². The lowest BCUT2D eigenvalue weighted by Gasteiger charge is -1.93. The van der Waals surface area contributed by atoms with Crippen LogP contribution in [-0.2, 0) is 0 Å².